The van der Waals surface area contributed by atoms with Crippen molar-refractivity contribution in [3.05, 3.63) is 80.3 Å². The second-order valence-electron chi connectivity index (χ2n) is 6.86. The van der Waals surface area contributed by atoms with Crippen molar-refractivity contribution in [2.24, 2.45) is 0 Å². The zero-order valence-electron chi connectivity index (χ0n) is 16.5. The number of hydrogen-bond acceptors (Lipinski definition) is 3. The number of rotatable bonds is 5. The minimum Gasteiger partial charge on any atom is -0.347 e. The number of nitriles is 1. The molecule has 1 aromatic carbocycles. The summed E-state index contributed by atoms with van der Waals surface area (Å²) in [5.74, 6) is -0.355. The Morgan fingerprint density at radius 2 is 1.96 bits per heavy atom. The Labute approximate surface area is 169 Å². The van der Waals surface area contributed by atoms with Crippen LogP contribution in [0.3, 0.4) is 0 Å². The van der Waals surface area contributed by atoms with Crippen molar-refractivity contribution in [2.45, 2.75) is 34.2 Å². The first-order chi connectivity index (χ1) is 13.4. The van der Waals surface area contributed by atoms with E-state index in [4.69, 9.17) is 0 Å². The SMILES string of the molecule is Cc1ccc(-n2c(C)cc(C=C(C#N)C(=O)NCc3cccs3)c2C)cc1C. The maximum Gasteiger partial charge on any atom is 0.262 e. The van der Waals surface area contributed by atoms with Crippen LogP contribution < -0.4 is 5.32 Å². The summed E-state index contributed by atoms with van der Waals surface area (Å²) in [5, 5.41) is 14.3. The van der Waals surface area contributed by atoms with Gasteiger partial charge in [-0.25, -0.2) is 0 Å². The van der Waals surface area contributed by atoms with Crippen LogP contribution in [0, 0.1) is 39.0 Å². The lowest BCUT2D eigenvalue weighted by atomic mass is 10.1. The van der Waals surface area contributed by atoms with Gasteiger partial charge in [0.05, 0.1) is 6.54 Å². The van der Waals surface area contributed by atoms with Gasteiger partial charge in [0, 0.05) is 22.0 Å². The maximum absolute atomic E-state index is 12.4. The Morgan fingerprint density at radius 3 is 2.61 bits per heavy atom. The summed E-state index contributed by atoms with van der Waals surface area (Å²) in [7, 11) is 0. The van der Waals surface area contributed by atoms with Crippen LogP contribution in [0.2, 0.25) is 0 Å². The lowest BCUT2D eigenvalue weighted by molar-refractivity contribution is -0.117. The molecule has 0 bridgehead atoms. The van der Waals surface area contributed by atoms with E-state index in [9.17, 15) is 10.1 Å². The van der Waals surface area contributed by atoms with E-state index >= 15 is 0 Å². The lowest BCUT2D eigenvalue weighted by Crippen LogP contribution is -2.23. The van der Waals surface area contributed by atoms with Gasteiger partial charge in [-0.1, -0.05) is 12.1 Å². The van der Waals surface area contributed by atoms with E-state index in [1.54, 1.807) is 17.4 Å². The van der Waals surface area contributed by atoms with Crippen molar-refractivity contribution >= 4 is 23.3 Å². The molecule has 1 amide bonds. The van der Waals surface area contributed by atoms with Crippen molar-refractivity contribution in [1.29, 1.82) is 5.26 Å². The molecule has 3 aromatic rings. The molecule has 0 saturated carbocycles. The summed E-state index contributed by atoms with van der Waals surface area (Å²) in [6.45, 7) is 8.66. The Kier molecular flexibility index (Phi) is 5.81. The quantitative estimate of drug-likeness (QED) is 0.493. The number of nitrogens with zero attached hydrogens (tertiary/aromatic N) is 2. The Balaban J connectivity index is 1.89. The number of benzene rings is 1. The average molecular weight is 390 g/mol. The number of thiophene rings is 1. The first-order valence-corrected chi connectivity index (χ1v) is 9.97. The summed E-state index contributed by atoms with van der Waals surface area (Å²) in [6.07, 6.45) is 1.67. The standard InChI is InChI=1S/C23H23N3OS/c1-15-7-8-21(10-16(15)2)26-17(3)11-19(18(26)4)12-20(13-24)23(27)25-14-22-6-5-9-28-22/h5-12H,14H2,1-4H3,(H,25,27). The zero-order valence-corrected chi connectivity index (χ0v) is 17.4. The zero-order chi connectivity index (χ0) is 20.3. The molecule has 2 heterocycles. The maximum atomic E-state index is 12.4. The molecule has 0 spiro atoms. The number of carbonyl (C=O) groups excluding carboxylic acids is 1. The highest BCUT2D eigenvalue weighted by atomic mass is 32.1. The van der Waals surface area contributed by atoms with Gasteiger partial charge in [-0.05, 0) is 80.1 Å². The van der Waals surface area contributed by atoms with Crippen LogP contribution in [0.1, 0.15) is 33.0 Å². The second kappa shape index (κ2) is 8.28. The molecule has 0 radical (unpaired) electrons. The number of nitrogens with one attached hydrogen (secondary N) is 1. The molecule has 0 atom stereocenters. The summed E-state index contributed by atoms with van der Waals surface area (Å²) >= 11 is 1.58. The van der Waals surface area contributed by atoms with E-state index in [1.165, 1.54) is 11.1 Å². The van der Waals surface area contributed by atoms with Crippen LogP contribution in [0.25, 0.3) is 11.8 Å². The number of aryl methyl sites for hydroxylation is 3. The molecule has 0 unspecified atom stereocenters. The van der Waals surface area contributed by atoms with Crippen molar-refractivity contribution in [3.63, 3.8) is 0 Å². The second-order valence-corrected chi connectivity index (χ2v) is 7.89. The third kappa shape index (κ3) is 4.08. The van der Waals surface area contributed by atoms with Gasteiger partial charge in [-0.15, -0.1) is 11.3 Å². The normalized spacial score (nSPS) is 11.3. The first kappa shape index (κ1) is 19.7. The summed E-state index contributed by atoms with van der Waals surface area (Å²) in [4.78, 5) is 13.5. The van der Waals surface area contributed by atoms with Gasteiger partial charge < -0.3 is 9.88 Å². The van der Waals surface area contributed by atoms with E-state index < -0.39 is 0 Å². The van der Waals surface area contributed by atoms with Gasteiger partial charge in [0.2, 0.25) is 0 Å². The first-order valence-electron chi connectivity index (χ1n) is 9.09. The number of carbonyl (C=O) groups is 1. The lowest BCUT2D eigenvalue weighted by Gasteiger charge is -2.12. The van der Waals surface area contributed by atoms with Crippen LogP contribution in [0.4, 0.5) is 0 Å². The average Bonchev–Trinajstić information content (AvgIpc) is 3.28. The molecule has 0 saturated heterocycles. The Hall–Kier alpha value is -3.10. The van der Waals surface area contributed by atoms with E-state index in [0.29, 0.717) is 6.54 Å². The molecule has 28 heavy (non-hydrogen) atoms. The molecule has 5 heteroatoms. The molecule has 0 aliphatic carbocycles. The van der Waals surface area contributed by atoms with Crippen LogP contribution in [-0.4, -0.2) is 10.5 Å². The molecular weight excluding hydrogens is 366 g/mol. The highest BCUT2D eigenvalue weighted by Gasteiger charge is 2.14. The largest absolute Gasteiger partial charge is 0.347 e. The Bertz CT molecular complexity index is 1080. The summed E-state index contributed by atoms with van der Waals surface area (Å²) < 4.78 is 2.15. The van der Waals surface area contributed by atoms with Crippen LogP contribution in [-0.2, 0) is 11.3 Å². The van der Waals surface area contributed by atoms with E-state index in [0.717, 1.165) is 27.5 Å². The molecule has 0 aliphatic rings. The monoisotopic (exact) mass is 389 g/mol. The predicted octanol–water partition coefficient (Wildman–Crippen LogP) is 5.00. The van der Waals surface area contributed by atoms with Crippen LogP contribution in [0.15, 0.2) is 47.4 Å². The highest BCUT2D eigenvalue weighted by molar-refractivity contribution is 7.09. The van der Waals surface area contributed by atoms with E-state index in [2.05, 4.69) is 41.9 Å². The molecule has 0 fully saturated rings. The molecule has 142 valence electrons. The van der Waals surface area contributed by atoms with Crippen molar-refractivity contribution in [1.82, 2.24) is 9.88 Å². The number of hydrogen-bond donors (Lipinski definition) is 1. The topological polar surface area (TPSA) is 57.8 Å². The summed E-state index contributed by atoms with van der Waals surface area (Å²) in [6, 6.07) is 14.3. The fourth-order valence-electron chi connectivity index (χ4n) is 3.18. The highest BCUT2D eigenvalue weighted by Crippen LogP contribution is 2.24. The molecular formula is C23H23N3OS. The van der Waals surface area contributed by atoms with Gasteiger partial charge in [0.1, 0.15) is 11.6 Å². The van der Waals surface area contributed by atoms with Gasteiger partial charge >= 0.3 is 0 Å². The molecule has 2 aromatic heterocycles. The van der Waals surface area contributed by atoms with E-state index in [-0.39, 0.29) is 11.5 Å². The molecule has 0 aliphatic heterocycles. The third-order valence-corrected chi connectivity index (χ3v) is 5.76. The number of aromatic nitrogens is 1. The third-order valence-electron chi connectivity index (χ3n) is 4.89. The summed E-state index contributed by atoms with van der Waals surface area (Å²) in [5.41, 5.74) is 6.60. The number of amides is 1. The van der Waals surface area contributed by atoms with E-state index in [1.807, 2.05) is 43.5 Å². The van der Waals surface area contributed by atoms with Gasteiger partial charge in [0.15, 0.2) is 0 Å². The van der Waals surface area contributed by atoms with Gasteiger partial charge in [-0.2, -0.15) is 5.26 Å². The van der Waals surface area contributed by atoms with Gasteiger partial charge in [0.25, 0.3) is 5.91 Å². The Morgan fingerprint density at radius 1 is 1.18 bits per heavy atom. The fraction of sp³-hybridized carbons (Fsp3) is 0.217. The minimum atomic E-state index is -0.355. The predicted molar refractivity (Wildman–Crippen MR) is 114 cm³/mol. The fourth-order valence-corrected chi connectivity index (χ4v) is 3.82. The molecule has 1 N–H and O–H groups in total. The van der Waals surface area contributed by atoms with Crippen LogP contribution >= 0.6 is 11.3 Å². The molecule has 3 rings (SSSR count). The minimum absolute atomic E-state index is 0.108. The van der Waals surface area contributed by atoms with Crippen LogP contribution in [0.5, 0.6) is 0 Å². The van der Waals surface area contributed by atoms with Crippen molar-refractivity contribution in [3.8, 4) is 11.8 Å². The van der Waals surface area contributed by atoms with Crippen molar-refractivity contribution in [2.75, 3.05) is 0 Å². The van der Waals surface area contributed by atoms with Crippen molar-refractivity contribution < 1.29 is 4.79 Å². The van der Waals surface area contributed by atoms with Gasteiger partial charge in [-0.3, -0.25) is 4.79 Å². The molecule has 4 nitrogen and oxygen atoms in total. The smallest absolute Gasteiger partial charge is 0.262 e.